The molecule has 0 fully saturated rings. The van der Waals surface area contributed by atoms with Gasteiger partial charge in [-0.05, 0) is 43.5 Å². The van der Waals surface area contributed by atoms with E-state index in [2.05, 4.69) is 6.92 Å². The minimum absolute atomic E-state index is 0.184. The molecule has 208 valence electrons. The summed E-state index contributed by atoms with van der Waals surface area (Å²) < 4.78 is 12.8. The molecule has 2 aromatic carbocycles. The molecule has 0 saturated carbocycles. The number of benzene rings is 2. The Morgan fingerprint density at radius 1 is 1.05 bits per heavy atom. The number of rotatable bonds is 9. The van der Waals surface area contributed by atoms with Crippen molar-refractivity contribution in [2.45, 2.75) is 52.5 Å². The number of unbranched alkanes of at least 4 members (excludes halogenated alkanes) is 1. The van der Waals surface area contributed by atoms with Crippen LogP contribution in [0.5, 0.6) is 5.75 Å². The molecule has 40 heavy (non-hydrogen) atoms. The molecule has 1 atom stereocenters. The second-order valence-electron chi connectivity index (χ2n) is 9.71. The third kappa shape index (κ3) is 4.68. The van der Waals surface area contributed by atoms with Crippen molar-refractivity contribution in [3.63, 3.8) is 0 Å². The Labute approximate surface area is 236 Å². The molecule has 0 saturated heterocycles. The number of carbonyl (C=O) groups is 2. The average molecular weight is 560 g/mol. The number of fused-ring (bicyclic) bond motifs is 2. The van der Waals surface area contributed by atoms with Crippen molar-refractivity contribution in [2.75, 3.05) is 25.2 Å². The number of thiazole rings is 1. The summed E-state index contributed by atoms with van der Waals surface area (Å²) in [6.45, 7) is 6.62. The van der Waals surface area contributed by atoms with Gasteiger partial charge in [-0.15, -0.1) is 0 Å². The van der Waals surface area contributed by atoms with Gasteiger partial charge in [0, 0.05) is 12.1 Å². The molecule has 9 heteroatoms. The van der Waals surface area contributed by atoms with Crippen LogP contribution in [0, 0.1) is 0 Å². The number of hydrogen-bond acceptors (Lipinski definition) is 7. The van der Waals surface area contributed by atoms with Gasteiger partial charge in [-0.1, -0.05) is 68.4 Å². The van der Waals surface area contributed by atoms with Crippen molar-refractivity contribution in [1.29, 1.82) is 0 Å². The van der Waals surface area contributed by atoms with E-state index in [9.17, 15) is 14.4 Å². The van der Waals surface area contributed by atoms with Crippen LogP contribution in [0.4, 0.5) is 5.69 Å². The second-order valence-corrected chi connectivity index (χ2v) is 10.7. The van der Waals surface area contributed by atoms with Gasteiger partial charge >= 0.3 is 5.97 Å². The Balaban J connectivity index is 1.82. The quantitative estimate of drug-likeness (QED) is 0.368. The minimum atomic E-state index is -0.774. The fourth-order valence-electron chi connectivity index (χ4n) is 5.34. The Bertz CT molecular complexity index is 1680. The highest BCUT2D eigenvalue weighted by atomic mass is 32.1. The van der Waals surface area contributed by atoms with Gasteiger partial charge in [-0.25, -0.2) is 9.79 Å². The summed E-state index contributed by atoms with van der Waals surface area (Å²) in [6, 6.07) is 14.1. The maximum absolute atomic E-state index is 14.3. The van der Waals surface area contributed by atoms with Crippen LogP contribution < -0.4 is 24.5 Å². The number of amides is 1. The number of esters is 1. The van der Waals surface area contributed by atoms with Gasteiger partial charge in [0.05, 0.1) is 42.3 Å². The van der Waals surface area contributed by atoms with Crippen LogP contribution in [-0.2, 0) is 14.3 Å². The van der Waals surface area contributed by atoms with Crippen LogP contribution in [-0.4, -0.2) is 36.7 Å². The Morgan fingerprint density at radius 2 is 1.85 bits per heavy atom. The highest BCUT2D eigenvalue weighted by Gasteiger charge is 2.37. The number of anilines is 1. The number of ether oxygens (including phenoxy) is 2. The van der Waals surface area contributed by atoms with Gasteiger partial charge < -0.3 is 14.4 Å². The molecule has 0 radical (unpaired) electrons. The normalized spacial score (nSPS) is 17.4. The van der Waals surface area contributed by atoms with E-state index in [0.29, 0.717) is 50.5 Å². The number of hydrogen-bond donors (Lipinski definition) is 0. The maximum Gasteiger partial charge on any atom is 0.338 e. The molecule has 1 aromatic heterocycles. The predicted molar refractivity (Wildman–Crippen MR) is 155 cm³/mol. The number of carbonyl (C=O) groups excluding carboxylic acids is 2. The minimum Gasteiger partial charge on any atom is -0.497 e. The van der Waals surface area contributed by atoms with E-state index in [1.807, 2.05) is 55.5 Å². The summed E-state index contributed by atoms with van der Waals surface area (Å²) in [6.07, 6.45) is 3.10. The van der Waals surface area contributed by atoms with Gasteiger partial charge in [-0.2, -0.15) is 0 Å². The van der Waals surface area contributed by atoms with Crippen LogP contribution in [0.15, 0.2) is 69.6 Å². The van der Waals surface area contributed by atoms with Crippen LogP contribution in [0.2, 0.25) is 0 Å². The predicted octanol–water partition coefficient (Wildman–Crippen LogP) is 4.10. The average Bonchev–Trinajstić information content (AvgIpc) is 3.43. The van der Waals surface area contributed by atoms with Crippen molar-refractivity contribution in [2.24, 2.45) is 4.99 Å². The molecule has 8 nitrogen and oxygen atoms in total. The molecule has 0 unspecified atom stereocenters. The molecule has 2 aliphatic heterocycles. The molecule has 2 aliphatic rings. The fraction of sp³-hybridized carbons (Fsp3) is 0.355. The van der Waals surface area contributed by atoms with Crippen LogP contribution in [0.1, 0.15) is 63.6 Å². The van der Waals surface area contributed by atoms with E-state index < -0.39 is 12.0 Å². The number of allylic oxidation sites excluding steroid dienone is 1. The molecule has 0 spiro atoms. The molecule has 0 aliphatic carbocycles. The molecule has 5 rings (SSSR count). The Morgan fingerprint density at radius 3 is 2.58 bits per heavy atom. The molecular weight excluding hydrogens is 526 g/mol. The largest absolute Gasteiger partial charge is 0.497 e. The fourth-order valence-corrected chi connectivity index (χ4v) is 6.45. The maximum atomic E-state index is 14.3. The topological polar surface area (TPSA) is 90.2 Å². The molecular formula is C31H33N3O5S. The summed E-state index contributed by atoms with van der Waals surface area (Å²) in [5.74, 6) is -0.0871. The van der Waals surface area contributed by atoms with Crippen molar-refractivity contribution in [3.8, 4) is 5.75 Å². The third-order valence-corrected chi connectivity index (χ3v) is 8.22. The Hall–Kier alpha value is -3.98. The van der Waals surface area contributed by atoms with Crippen LogP contribution in [0.25, 0.3) is 5.57 Å². The van der Waals surface area contributed by atoms with Crippen molar-refractivity contribution < 1.29 is 19.1 Å². The van der Waals surface area contributed by atoms with Gasteiger partial charge in [0.2, 0.25) is 0 Å². The second kappa shape index (κ2) is 11.6. The number of nitrogens with zero attached hydrogens (tertiary/aromatic N) is 3. The molecule has 1 amide bonds. The summed E-state index contributed by atoms with van der Waals surface area (Å²) in [4.78, 5) is 48.6. The van der Waals surface area contributed by atoms with Crippen molar-refractivity contribution in [1.82, 2.24) is 4.57 Å². The SMILES string of the molecule is CCCCN1C(=O)/C(=c2/sc3n(c2=O)[C@H](c2cccc(OC)c2)C(C(=O)OCC)=C(CCC)N=3)c2ccccc21. The number of methoxy groups -OCH3 is 1. The molecule has 0 N–H and O–H groups in total. The smallest absolute Gasteiger partial charge is 0.338 e. The Kier molecular flexibility index (Phi) is 8.02. The van der Waals surface area contributed by atoms with E-state index >= 15 is 0 Å². The number of aromatic nitrogens is 1. The van der Waals surface area contributed by atoms with E-state index in [1.165, 1.54) is 15.9 Å². The van der Waals surface area contributed by atoms with Crippen molar-refractivity contribution >= 4 is 34.5 Å². The van der Waals surface area contributed by atoms with Gasteiger partial charge in [0.25, 0.3) is 11.5 Å². The lowest BCUT2D eigenvalue weighted by molar-refractivity contribution is -0.139. The first-order chi connectivity index (χ1) is 19.4. The lowest BCUT2D eigenvalue weighted by Gasteiger charge is -2.26. The lowest BCUT2D eigenvalue weighted by Crippen LogP contribution is -2.41. The summed E-state index contributed by atoms with van der Waals surface area (Å²) in [5.41, 5.74) is 3.21. The third-order valence-electron chi connectivity index (χ3n) is 7.16. The first kappa shape index (κ1) is 27.6. The van der Waals surface area contributed by atoms with Gasteiger partial charge in [-0.3, -0.25) is 14.2 Å². The highest BCUT2D eigenvalue weighted by molar-refractivity contribution is 7.07. The first-order valence-corrected chi connectivity index (χ1v) is 14.6. The van der Waals surface area contributed by atoms with Crippen molar-refractivity contribution in [3.05, 3.63) is 90.6 Å². The van der Waals surface area contributed by atoms with E-state index in [0.717, 1.165) is 30.5 Å². The van der Waals surface area contributed by atoms with E-state index in [1.54, 1.807) is 18.9 Å². The van der Waals surface area contributed by atoms with E-state index in [4.69, 9.17) is 14.5 Å². The zero-order valence-corrected chi connectivity index (χ0v) is 24.0. The van der Waals surface area contributed by atoms with Crippen LogP contribution >= 0.6 is 11.3 Å². The lowest BCUT2D eigenvalue weighted by atomic mass is 9.94. The van der Waals surface area contributed by atoms with E-state index in [-0.39, 0.29) is 18.1 Å². The summed E-state index contributed by atoms with van der Waals surface area (Å²) >= 11 is 1.20. The summed E-state index contributed by atoms with van der Waals surface area (Å²) in [5, 5.41) is 0. The van der Waals surface area contributed by atoms with Gasteiger partial charge in [0.1, 0.15) is 10.3 Å². The highest BCUT2D eigenvalue weighted by Crippen LogP contribution is 2.36. The number of para-hydroxylation sites is 1. The standard InChI is InChI=1S/C31H33N3O5S/c1-5-8-17-33-23-16-10-9-15-21(23)24(28(33)35)27-29(36)34-26(19-13-11-14-20(18-19)38-4)25(30(37)39-7-3)22(12-6-2)32-31(34)40-27/h9-11,13-16,18,26H,5-8,12,17H2,1-4H3/b27-24+/t26-/m1/s1. The van der Waals surface area contributed by atoms with Crippen LogP contribution in [0.3, 0.4) is 0 Å². The zero-order valence-electron chi connectivity index (χ0n) is 23.2. The molecule has 3 heterocycles. The zero-order chi connectivity index (χ0) is 28.4. The summed E-state index contributed by atoms with van der Waals surface area (Å²) in [7, 11) is 1.57. The monoisotopic (exact) mass is 559 g/mol. The molecule has 0 bridgehead atoms. The first-order valence-electron chi connectivity index (χ1n) is 13.7. The van der Waals surface area contributed by atoms with Gasteiger partial charge in [0.15, 0.2) is 4.80 Å². The molecule has 3 aromatic rings.